The van der Waals surface area contributed by atoms with Crippen molar-refractivity contribution < 1.29 is 14.0 Å². The van der Waals surface area contributed by atoms with Gasteiger partial charge in [-0.3, -0.25) is 14.4 Å². The molecule has 0 unspecified atom stereocenters. The van der Waals surface area contributed by atoms with Crippen molar-refractivity contribution in [1.29, 1.82) is 0 Å². The summed E-state index contributed by atoms with van der Waals surface area (Å²) in [6, 6.07) is 16.9. The predicted molar refractivity (Wildman–Crippen MR) is 116 cm³/mol. The lowest BCUT2D eigenvalue weighted by Gasteiger charge is -2.21. The Kier molecular flexibility index (Phi) is 5.61. The first-order valence-electron chi connectivity index (χ1n) is 9.77. The first-order chi connectivity index (χ1) is 15.0. The second kappa shape index (κ2) is 8.66. The van der Waals surface area contributed by atoms with Crippen LogP contribution >= 0.6 is 0 Å². The standard InChI is InChI=1S/C23H20N4O4/c1-2-27(14-20-25-18-10-4-3-9-17(18)21(28)26-20)23(30)15-7-5-8-16(13-15)24-22(29)19-11-6-12-31-19/h3-13H,2,14H2,1H3,(H,24,29)(H,25,26,28). The minimum atomic E-state index is -0.403. The zero-order chi connectivity index (χ0) is 21.8. The molecule has 8 heteroatoms. The van der Waals surface area contributed by atoms with E-state index in [-0.39, 0.29) is 23.8 Å². The van der Waals surface area contributed by atoms with E-state index in [9.17, 15) is 14.4 Å². The molecule has 0 atom stereocenters. The number of aromatic amines is 1. The van der Waals surface area contributed by atoms with E-state index in [2.05, 4.69) is 15.3 Å². The van der Waals surface area contributed by atoms with Crippen LogP contribution in [0.5, 0.6) is 0 Å². The van der Waals surface area contributed by atoms with Crippen molar-refractivity contribution in [2.75, 3.05) is 11.9 Å². The number of nitrogens with one attached hydrogen (secondary N) is 2. The van der Waals surface area contributed by atoms with Crippen LogP contribution in [0.4, 0.5) is 5.69 Å². The van der Waals surface area contributed by atoms with Crippen molar-refractivity contribution in [3.8, 4) is 0 Å². The summed E-state index contributed by atoms with van der Waals surface area (Å²) < 4.78 is 5.08. The molecule has 2 N–H and O–H groups in total. The molecular formula is C23H20N4O4. The summed E-state index contributed by atoms with van der Waals surface area (Å²) in [6.07, 6.45) is 1.42. The molecule has 0 saturated carbocycles. The van der Waals surface area contributed by atoms with Gasteiger partial charge in [0.1, 0.15) is 5.82 Å². The Bertz CT molecular complexity index is 1290. The molecule has 2 aromatic carbocycles. The Balaban J connectivity index is 1.54. The molecule has 0 saturated heterocycles. The molecule has 8 nitrogen and oxygen atoms in total. The number of anilines is 1. The van der Waals surface area contributed by atoms with Gasteiger partial charge in [-0.05, 0) is 49.4 Å². The van der Waals surface area contributed by atoms with Crippen LogP contribution in [0.2, 0.25) is 0 Å². The van der Waals surface area contributed by atoms with Crippen LogP contribution in [0.15, 0.2) is 76.1 Å². The highest BCUT2D eigenvalue weighted by Crippen LogP contribution is 2.16. The summed E-state index contributed by atoms with van der Waals surface area (Å²) in [5.74, 6) is -0.0632. The van der Waals surface area contributed by atoms with Gasteiger partial charge in [0, 0.05) is 17.8 Å². The molecule has 0 aliphatic carbocycles. The van der Waals surface area contributed by atoms with Crippen LogP contribution in [0.1, 0.15) is 33.7 Å². The molecule has 0 radical (unpaired) electrons. The summed E-state index contributed by atoms with van der Waals surface area (Å²) in [7, 11) is 0. The highest BCUT2D eigenvalue weighted by Gasteiger charge is 2.17. The Morgan fingerprint density at radius 2 is 1.94 bits per heavy atom. The van der Waals surface area contributed by atoms with Gasteiger partial charge in [-0.2, -0.15) is 0 Å². The van der Waals surface area contributed by atoms with Crippen molar-refractivity contribution in [1.82, 2.24) is 14.9 Å². The van der Waals surface area contributed by atoms with Gasteiger partial charge in [-0.1, -0.05) is 18.2 Å². The fourth-order valence-corrected chi connectivity index (χ4v) is 3.23. The minimum Gasteiger partial charge on any atom is -0.459 e. The minimum absolute atomic E-state index is 0.151. The van der Waals surface area contributed by atoms with Gasteiger partial charge in [0.05, 0.1) is 23.7 Å². The molecule has 2 aromatic heterocycles. The third-order valence-electron chi connectivity index (χ3n) is 4.78. The molecule has 0 aliphatic heterocycles. The second-order valence-corrected chi connectivity index (χ2v) is 6.86. The maximum atomic E-state index is 13.1. The summed E-state index contributed by atoms with van der Waals surface area (Å²) in [6.45, 7) is 2.41. The van der Waals surface area contributed by atoms with Crippen LogP contribution in [0.25, 0.3) is 10.9 Å². The van der Waals surface area contributed by atoms with Crippen LogP contribution in [0, 0.1) is 0 Å². The summed E-state index contributed by atoms with van der Waals surface area (Å²) >= 11 is 0. The van der Waals surface area contributed by atoms with E-state index in [1.807, 2.05) is 13.0 Å². The van der Waals surface area contributed by atoms with E-state index in [1.54, 1.807) is 59.5 Å². The fraction of sp³-hybridized carbons (Fsp3) is 0.130. The van der Waals surface area contributed by atoms with Crippen molar-refractivity contribution in [3.05, 3.63) is 94.4 Å². The second-order valence-electron chi connectivity index (χ2n) is 6.86. The lowest BCUT2D eigenvalue weighted by molar-refractivity contribution is 0.0748. The van der Waals surface area contributed by atoms with E-state index < -0.39 is 5.91 Å². The first kappa shape index (κ1) is 20.1. The molecular weight excluding hydrogens is 396 g/mol. The number of hydrogen-bond donors (Lipinski definition) is 2. The molecule has 2 heterocycles. The van der Waals surface area contributed by atoms with Gasteiger partial charge in [-0.15, -0.1) is 0 Å². The van der Waals surface area contributed by atoms with E-state index in [1.165, 1.54) is 6.26 Å². The number of hydrogen-bond acceptors (Lipinski definition) is 5. The Morgan fingerprint density at radius 3 is 2.71 bits per heavy atom. The molecule has 31 heavy (non-hydrogen) atoms. The third-order valence-corrected chi connectivity index (χ3v) is 4.78. The predicted octanol–water partition coefficient (Wildman–Crippen LogP) is 3.43. The van der Waals surface area contributed by atoms with Gasteiger partial charge in [0.15, 0.2) is 5.76 Å². The number of amides is 2. The zero-order valence-electron chi connectivity index (χ0n) is 16.8. The normalized spacial score (nSPS) is 10.7. The average molecular weight is 416 g/mol. The molecule has 2 amide bonds. The highest BCUT2D eigenvalue weighted by atomic mass is 16.3. The van der Waals surface area contributed by atoms with Crippen molar-refractivity contribution in [2.24, 2.45) is 0 Å². The lowest BCUT2D eigenvalue weighted by Crippen LogP contribution is -2.32. The summed E-state index contributed by atoms with van der Waals surface area (Å²) in [4.78, 5) is 46.3. The van der Waals surface area contributed by atoms with E-state index in [0.29, 0.717) is 34.5 Å². The number of H-pyrrole nitrogens is 1. The Labute approximate surface area is 177 Å². The SMILES string of the molecule is CCN(Cc1nc2ccccc2c(=O)[nH]1)C(=O)c1cccc(NC(=O)c2ccco2)c1. The molecule has 0 spiro atoms. The zero-order valence-corrected chi connectivity index (χ0v) is 16.8. The number of fused-ring (bicyclic) bond motifs is 1. The third kappa shape index (κ3) is 4.37. The number of benzene rings is 2. The van der Waals surface area contributed by atoms with Crippen molar-refractivity contribution >= 4 is 28.4 Å². The van der Waals surface area contributed by atoms with E-state index >= 15 is 0 Å². The maximum absolute atomic E-state index is 13.1. The lowest BCUT2D eigenvalue weighted by atomic mass is 10.1. The summed E-state index contributed by atoms with van der Waals surface area (Å²) in [5.41, 5.74) is 1.21. The van der Waals surface area contributed by atoms with Crippen LogP contribution in [0.3, 0.4) is 0 Å². The largest absolute Gasteiger partial charge is 0.459 e. The van der Waals surface area contributed by atoms with Crippen molar-refractivity contribution in [3.63, 3.8) is 0 Å². The quantitative estimate of drug-likeness (QED) is 0.501. The number of nitrogens with zero attached hydrogens (tertiary/aromatic N) is 2. The number of carbonyl (C=O) groups is 2. The number of carbonyl (C=O) groups excluding carboxylic acids is 2. The number of aromatic nitrogens is 2. The van der Waals surface area contributed by atoms with Crippen LogP contribution in [-0.4, -0.2) is 33.2 Å². The smallest absolute Gasteiger partial charge is 0.291 e. The fourth-order valence-electron chi connectivity index (χ4n) is 3.23. The van der Waals surface area contributed by atoms with Gasteiger partial charge in [-0.25, -0.2) is 4.98 Å². The van der Waals surface area contributed by atoms with E-state index in [0.717, 1.165) is 0 Å². The van der Waals surface area contributed by atoms with Gasteiger partial charge in [0.2, 0.25) is 0 Å². The molecule has 0 aliphatic rings. The van der Waals surface area contributed by atoms with E-state index in [4.69, 9.17) is 4.42 Å². The Hall–Kier alpha value is -4.20. The molecule has 156 valence electrons. The number of rotatable bonds is 6. The Morgan fingerprint density at radius 1 is 1.10 bits per heavy atom. The van der Waals surface area contributed by atoms with Crippen LogP contribution < -0.4 is 10.9 Å². The summed E-state index contributed by atoms with van der Waals surface area (Å²) in [5, 5.41) is 3.21. The van der Waals surface area contributed by atoms with Gasteiger partial charge >= 0.3 is 0 Å². The first-order valence-corrected chi connectivity index (χ1v) is 9.77. The molecule has 4 aromatic rings. The number of para-hydroxylation sites is 1. The maximum Gasteiger partial charge on any atom is 0.291 e. The van der Waals surface area contributed by atoms with Gasteiger partial charge in [0.25, 0.3) is 17.4 Å². The van der Waals surface area contributed by atoms with Crippen LogP contribution in [-0.2, 0) is 6.54 Å². The highest BCUT2D eigenvalue weighted by molar-refractivity contribution is 6.03. The topological polar surface area (TPSA) is 108 Å². The molecule has 4 rings (SSSR count). The number of furan rings is 1. The molecule has 0 fully saturated rings. The van der Waals surface area contributed by atoms with Gasteiger partial charge < -0.3 is 19.6 Å². The van der Waals surface area contributed by atoms with Crippen molar-refractivity contribution in [2.45, 2.75) is 13.5 Å². The average Bonchev–Trinajstić information content (AvgIpc) is 3.32. The molecule has 0 bridgehead atoms. The monoisotopic (exact) mass is 416 g/mol.